The molecule has 68 valence electrons. The van der Waals surface area contributed by atoms with Gasteiger partial charge in [-0.25, -0.2) is 0 Å². The van der Waals surface area contributed by atoms with Crippen molar-refractivity contribution in [3.8, 4) is 0 Å². The molecule has 0 aliphatic carbocycles. The molecule has 0 saturated heterocycles. The minimum Gasteiger partial charge on any atom is -0.258 e. The summed E-state index contributed by atoms with van der Waals surface area (Å²) >= 11 is 0. The van der Waals surface area contributed by atoms with Crippen molar-refractivity contribution in [3.63, 3.8) is 0 Å². The van der Waals surface area contributed by atoms with Crippen molar-refractivity contribution in [3.05, 3.63) is 38.3 Å². The van der Waals surface area contributed by atoms with Crippen molar-refractivity contribution < 1.29 is 4.92 Å². The van der Waals surface area contributed by atoms with E-state index in [1.165, 1.54) is 19.1 Å². The number of hydrogen-bond donors (Lipinski definition) is 0. The molecule has 0 spiro atoms. The van der Waals surface area contributed by atoms with E-state index in [1.54, 1.807) is 6.92 Å². The van der Waals surface area contributed by atoms with E-state index in [4.69, 9.17) is 0 Å². The fraction of sp³-hybridized carbons (Fsp3) is 0.250. The maximum absolute atomic E-state index is 10.5. The molecular weight excluding hydrogens is 172 g/mol. The summed E-state index contributed by atoms with van der Waals surface area (Å²) in [5, 5.41) is 13.2. The Kier molecular flexibility index (Phi) is 2.36. The lowest BCUT2D eigenvalue weighted by Gasteiger charge is -2.00. The molecule has 1 rings (SSSR count). The van der Waals surface area contributed by atoms with E-state index in [2.05, 4.69) is 5.18 Å². The number of benzene rings is 1. The van der Waals surface area contributed by atoms with Crippen LogP contribution >= 0.6 is 0 Å². The number of nitro benzene ring substituents is 1. The van der Waals surface area contributed by atoms with Crippen LogP contribution in [0.4, 0.5) is 11.4 Å². The molecule has 5 nitrogen and oxygen atoms in total. The molecule has 0 amide bonds. The first kappa shape index (κ1) is 9.31. The average molecular weight is 180 g/mol. The van der Waals surface area contributed by atoms with Crippen LogP contribution in [0.3, 0.4) is 0 Å². The molecule has 0 N–H and O–H groups in total. The van der Waals surface area contributed by atoms with Gasteiger partial charge >= 0.3 is 0 Å². The minimum atomic E-state index is -0.517. The second kappa shape index (κ2) is 3.30. The lowest BCUT2D eigenvalue weighted by atomic mass is 10.1. The van der Waals surface area contributed by atoms with Gasteiger partial charge in [0, 0.05) is 6.07 Å². The van der Waals surface area contributed by atoms with Crippen LogP contribution in [0.5, 0.6) is 0 Å². The predicted octanol–water partition coefficient (Wildman–Crippen LogP) is 2.61. The van der Waals surface area contributed by atoms with Gasteiger partial charge in [0.2, 0.25) is 0 Å². The summed E-state index contributed by atoms with van der Waals surface area (Å²) in [6.07, 6.45) is 0. The molecule has 1 aromatic rings. The van der Waals surface area contributed by atoms with Crippen LogP contribution in [0.2, 0.25) is 0 Å². The lowest BCUT2D eigenvalue weighted by molar-refractivity contribution is -0.385. The molecule has 1 aromatic carbocycles. The zero-order valence-electron chi connectivity index (χ0n) is 7.27. The highest BCUT2D eigenvalue weighted by atomic mass is 16.6. The van der Waals surface area contributed by atoms with Gasteiger partial charge in [-0.05, 0) is 30.7 Å². The molecule has 0 heterocycles. The molecule has 0 aliphatic heterocycles. The van der Waals surface area contributed by atoms with E-state index in [0.717, 1.165) is 0 Å². The summed E-state index contributed by atoms with van der Waals surface area (Å²) in [6, 6.07) is 2.94. The Hall–Kier alpha value is -1.78. The van der Waals surface area contributed by atoms with Crippen molar-refractivity contribution in [2.75, 3.05) is 0 Å². The Morgan fingerprint density at radius 3 is 2.46 bits per heavy atom. The Morgan fingerprint density at radius 2 is 2.00 bits per heavy atom. The van der Waals surface area contributed by atoms with Crippen LogP contribution in [-0.4, -0.2) is 4.92 Å². The molecule has 0 aromatic heterocycles. The highest BCUT2D eigenvalue weighted by Gasteiger charge is 2.14. The van der Waals surface area contributed by atoms with Crippen LogP contribution in [-0.2, 0) is 0 Å². The van der Waals surface area contributed by atoms with Gasteiger partial charge < -0.3 is 0 Å². The average Bonchev–Trinajstić information content (AvgIpc) is 2.08. The highest BCUT2D eigenvalue weighted by molar-refractivity contribution is 5.58. The van der Waals surface area contributed by atoms with Crippen molar-refractivity contribution in [1.82, 2.24) is 0 Å². The lowest BCUT2D eigenvalue weighted by Crippen LogP contribution is -1.92. The fourth-order valence-electron chi connectivity index (χ4n) is 1.11. The van der Waals surface area contributed by atoms with Gasteiger partial charge in [-0.1, -0.05) is 0 Å². The van der Waals surface area contributed by atoms with Crippen molar-refractivity contribution in [1.29, 1.82) is 0 Å². The first-order valence-electron chi connectivity index (χ1n) is 3.65. The van der Waals surface area contributed by atoms with E-state index in [9.17, 15) is 15.0 Å². The standard InChI is InChI=1S/C8H8N2O3/c1-5-3-7(9-11)6(2)8(4-5)10(12)13/h3-4H,1-2H3. The number of rotatable bonds is 2. The Balaban J connectivity index is 3.44. The van der Waals surface area contributed by atoms with Crippen molar-refractivity contribution in [2.24, 2.45) is 5.18 Å². The van der Waals surface area contributed by atoms with Gasteiger partial charge in [0.05, 0.1) is 10.5 Å². The van der Waals surface area contributed by atoms with Crippen LogP contribution < -0.4 is 0 Å². The third kappa shape index (κ3) is 1.69. The number of nitro groups is 1. The third-order valence-corrected chi connectivity index (χ3v) is 1.79. The van der Waals surface area contributed by atoms with Gasteiger partial charge in [0.1, 0.15) is 5.69 Å². The van der Waals surface area contributed by atoms with Gasteiger partial charge in [-0.15, -0.1) is 4.91 Å². The second-order valence-electron chi connectivity index (χ2n) is 2.78. The number of nitroso groups, excluding NO2 is 1. The molecule has 0 unspecified atom stereocenters. The second-order valence-corrected chi connectivity index (χ2v) is 2.78. The molecule has 0 saturated carbocycles. The molecule has 0 bridgehead atoms. The highest BCUT2D eigenvalue weighted by Crippen LogP contribution is 2.28. The number of nitrogens with zero attached hydrogens (tertiary/aromatic N) is 2. The minimum absolute atomic E-state index is 0.0606. The zero-order chi connectivity index (χ0) is 10.0. The molecule has 0 fully saturated rings. The summed E-state index contributed by atoms with van der Waals surface area (Å²) in [5.41, 5.74) is 1.04. The van der Waals surface area contributed by atoms with Crippen LogP contribution in [0.1, 0.15) is 11.1 Å². The van der Waals surface area contributed by atoms with Gasteiger partial charge in [0.15, 0.2) is 0 Å². The SMILES string of the molecule is Cc1cc(N=O)c(C)c([N+](=O)[O-])c1. The van der Waals surface area contributed by atoms with Crippen LogP contribution in [0.15, 0.2) is 17.3 Å². The van der Waals surface area contributed by atoms with Crippen LogP contribution in [0, 0.1) is 28.9 Å². The van der Waals surface area contributed by atoms with Gasteiger partial charge in [-0.3, -0.25) is 10.1 Å². The monoisotopic (exact) mass is 180 g/mol. The van der Waals surface area contributed by atoms with E-state index in [-0.39, 0.29) is 11.4 Å². The number of aryl methyl sites for hydroxylation is 1. The maximum Gasteiger partial charge on any atom is 0.274 e. The molecule has 0 atom stereocenters. The quantitative estimate of drug-likeness (QED) is 0.399. The maximum atomic E-state index is 10.5. The molecule has 13 heavy (non-hydrogen) atoms. The summed E-state index contributed by atoms with van der Waals surface area (Å²) in [4.78, 5) is 20.3. The Morgan fingerprint density at radius 1 is 1.38 bits per heavy atom. The zero-order valence-corrected chi connectivity index (χ0v) is 7.27. The third-order valence-electron chi connectivity index (χ3n) is 1.79. The summed E-state index contributed by atoms with van der Waals surface area (Å²) < 4.78 is 0. The largest absolute Gasteiger partial charge is 0.274 e. The first-order valence-corrected chi connectivity index (χ1v) is 3.65. The topological polar surface area (TPSA) is 72.6 Å². The first-order chi connectivity index (χ1) is 6.06. The number of hydrogen-bond acceptors (Lipinski definition) is 4. The van der Waals surface area contributed by atoms with E-state index in [1.807, 2.05) is 0 Å². The summed E-state index contributed by atoms with van der Waals surface area (Å²) in [5.74, 6) is 0. The van der Waals surface area contributed by atoms with Crippen LogP contribution in [0.25, 0.3) is 0 Å². The van der Waals surface area contributed by atoms with Crippen molar-refractivity contribution >= 4 is 11.4 Å². The van der Waals surface area contributed by atoms with Gasteiger partial charge in [-0.2, -0.15) is 0 Å². The van der Waals surface area contributed by atoms with Gasteiger partial charge in [0.25, 0.3) is 5.69 Å². The molecular formula is C8H8N2O3. The normalized spacial score (nSPS) is 9.69. The molecule has 5 heteroatoms. The van der Waals surface area contributed by atoms with E-state index < -0.39 is 4.92 Å². The Bertz CT molecular complexity index is 374. The summed E-state index contributed by atoms with van der Waals surface area (Å²) in [7, 11) is 0. The Labute approximate surface area is 74.5 Å². The van der Waals surface area contributed by atoms with E-state index in [0.29, 0.717) is 11.1 Å². The fourth-order valence-corrected chi connectivity index (χ4v) is 1.11. The predicted molar refractivity (Wildman–Crippen MR) is 48.0 cm³/mol. The van der Waals surface area contributed by atoms with Crippen molar-refractivity contribution in [2.45, 2.75) is 13.8 Å². The smallest absolute Gasteiger partial charge is 0.258 e. The summed E-state index contributed by atoms with van der Waals surface area (Å²) in [6.45, 7) is 3.19. The van der Waals surface area contributed by atoms with E-state index >= 15 is 0 Å². The molecule has 0 radical (unpaired) electrons. The molecule has 0 aliphatic rings.